The summed E-state index contributed by atoms with van der Waals surface area (Å²) in [6.07, 6.45) is -0.00175. The molecule has 1 N–H and O–H groups in total. The molecule has 3 nitrogen and oxygen atoms in total. The van der Waals surface area contributed by atoms with Crippen molar-refractivity contribution in [3.63, 3.8) is 0 Å². The number of nitrogens with zero attached hydrogens (tertiary/aromatic N) is 2. The Labute approximate surface area is 116 Å². The molecule has 0 aliphatic rings. The minimum atomic E-state index is -0.825. The molecule has 18 heavy (non-hydrogen) atoms. The van der Waals surface area contributed by atoms with Gasteiger partial charge in [-0.1, -0.05) is 42.3 Å². The van der Waals surface area contributed by atoms with Gasteiger partial charge in [0, 0.05) is 12.6 Å². The zero-order valence-corrected chi connectivity index (χ0v) is 11.7. The third-order valence-electron chi connectivity index (χ3n) is 2.89. The van der Waals surface area contributed by atoms with Crippen molar-refractivity contribution in [3.05, 3.63) is 51.3 Å². The highest BCUT2D eigenvalue weighted by atomic mass is 35.5. The second kappa shape index (κ2) is 5.31. The average Bonchev–Trinajstić information content (AvgIpc) is 2.73. The number of halogens is 2. The Morgan fingerprint density at radius 1 is 1.39 bits per heavy atom. The molecule has 0 aliphatic heterocycles. The minimum Gasteiger partial charge on any atom is -0.382 e. The fourth-order valence-electron chi connectivity index (χ4n) is 1.86. The monoisotopic (exact) mass is 284 g/mol. The predicted molar refractivity (Wildman–Crippen MR) is 73.1 cm³/mol. The zero-order valence-electron chi connectivity index (χ0n) is 10.2. The second-order valence-corrected chi connectivity index (χ2v) is 4.87. The molecule has 0 aliphatic carbocycles. The van der Waals surface area contributed by atoms with E-state index in [2.05, 4.69) is 5.10 Å². The third-order valence-corrected chi connectivity index (χ3v) is 3.72. The Hall–Kier alpha value is -1.03. The Morgan fingerprint density at radius 3 is 2.72 bits per heavy atom. The Bertz CT molecular complexity index is 566. The number of benzene rings is 1. The smallest absolute Gasteiger partial charge is 0.122 e. The molecule has 0 saturated heterocycles. The number of hydrogen-bond acceptors (Lipinski definition) is 2. The van der Waals surface area contributed by atoms with Crippen LogP contribution in [0.5, 0.6) is 0 Å². The molecule has 0 radical (unpaired) electrons. The van der Waals surface area contributed by atoms with Crippen LogP contribution in [-0.4, -0.2) is 14.9 Å². The summed E-state index contributed by atoms with van der Waals surface area (Å²) in [6.45, 7) is 2.02. The molecule has 1 aromatic carbocycles. The van der Waals surface area contributed by atoms with Crippen LogP contribution in [0.25, 0.3) is 0 Å². The number of aliphatic hydroxyl groups excluding tert-OH is 1. The number of rotatable bonds is 3. The molecular formula is C13H14Cl2N2O. The first-order valence-corrected chi connectivity index (χ1v) is 6.45. The van der Waals surface area contributed by atoms with Gasteiger partial charge in [0.25, 0.3) is 0 Å². The molecule has 1 atom stereocenters. The van der Waals surface area contributed by atoms with Crippen molar-refractivity contribution in [2.75, 3.05) is 0 Å². The lowest BCUT2D eigenvalue weighted by atomic mass is 10.1. The van der Waals surface area contributed by atoms with Crippen molar-refractivity contribution in [3.8, 4) is 0 Å². The van der Waals surface area contributed by atoms with E-state index < -0.39 is 6.10 Å². The van der Waals surface area contributed by atoms with Gasteiger partial charge in [-0.3, -0.25) is 4.68 Å². The quantitative estimate of drug-likeness (QED) is 0.939. The number of aryl methyl sites for hydroxylation is 2. The van der Waals surface area contributed by atoms with E-state index in [1.807, 2.05) is 13.0 Å². The van der Waals surface area contributed by atoms with Crippen molar-refractivity contribution in [1.29, 1.82) is 0 Å². The summed E-state index contributed by atoms with van der Waals surface area (Å²) < 4.78 is 1.67. The highest BCUT2D eigenvalue weighted by molar-refractivity contribution is 6.42. The number of aromatic nitrogens is 2. The molecule has 0 amide bonds. The van der Waals surface area contributed by atoms with E-state index in [-0.39, 0.29) is 0 Å². The van der Waals surface area contributed by atoms with Gasteiger partial charge in [-0.2, -0.15) is 5.10 Å². The molecule has 2 aromatic rings. The zero-order chi connectivity index (χ0) is 13.3. The van der Waals surface area contributed by atoms with Crippen LogP contribution in [0.4, 0.5) is 0 Å². The summed E-state index contributed by atoms with van der Waals surface area (Å²) in [7, 11) is 1.80. The van der Waals surface area contributed by atoms with Gasteiger partial charge in [-0.15, -0.1) is 0 Å². The lowest BCUT2D eigenvalue weighted by Crippen LogP contribution is -2.07. The summed E-state index contributed by atoms with van der Waals surface area (Å²) in [6, 6.07) is 7.10. The molecular weight excluding hydrogens is 271 g/mol. The van der Waals surface area contributed by atoms with Crippen molar-refractivity contribution in [2.45, 2.75) is 19.4 Å². The second-order valence-electron chi connectivity index (χ2n) is 4.08. The van der Waals surface area contributed by atoms with Gasteiger partial charge in [-0.05, 0) is 18.6 Å². The van der Waals surface area contributed by atoms with Crippen LogP contribution in [-0.2, 0) is 13.5 Å². The van der Waals surface area contributed by atoms with E-state index in [1.54, 1.807) is 29.9 Å². The molecule has 5 heteroatoms. The van der Waals surface area contributed by atoms with Crippen LogP contribution in [0.2, 0.25) is 10.0 Å². The maximum atomic E-state index is 10.4. The Morgan fingerprint density at radius 2 is 2.11 bits per heavy atom. The molecule has 1 unspecified atom stereocenters. The Balaban J connectivity index is 2.44. The summed E-state index contributed by atoms with van der Waals surface area (Å²) >= 11 is 12.1. The third kappa shape index (κ3) is 2.39. The molecule has 0 fully saturated rings. The van der Waals surface area contributed by atoms with Crippen molar-refractivity contribution >= 4 is 23.2 Å². The summed E-state index contributed by atoms with van der Waals surface area (Å²) in [5.41, 5.74) is 2.23. The molecule has 1 heterocycles. The van der Waals surface area contributed by atoms with Crippen LogP contribution in [0.3, 0.4) is 0 Å². The lowest BCUT2D eigenvalue weighted by Gasteiger charge is -2.13. The molecule has 2 rings (SSSR count). The summed E-state index contributed by atoms with van der Waals surface area (Å²) in [5, 5.41) is 15.5. The largest absolute Gasteiger partial charge is 0.382 e. The summed E-state index contributed by atoms with van der Waals surface area (Å²) in [5.74, 6) is 0. The number of hydrogen-bond donors (Lipinski definition) is 1. The highest BCUT2D eigenvalue weighted by Crippen LogP contribution is 2.33. The highest BCUT2D eigenvalue weighted by Gasteiger charge is 2.19. The predicted octanol–water partition coefficient (Wildman–Crippen LogP) is 3.37. The van der Waals surface area contributed by atoms with Crippen LogP contribution in [0.15, 0.2) is 24.3 Å². The fraction of sp³-hybridized carbons (Fsp3) is 0.308. The van der Waals surface area contributed by atoms with Gasteiger partial charge < -0.3 is 5.11 Å². The van der Waals surface area contributed by atoms with E-state index in [1.165, 1.54) is 0 Å². The molecule has 1 aromatic heterocycles. The lowest BCUT2D eigenvalue weighted by molar-refractivity contribution is 0.210. The number of aliphatic hydroxyl groups is 1. The van der Waals surface area contributed by atoms with Gasteiger partial charge in [0.1, 0.15) is 6.10 Å². The van der Waals surface area contributed by atoms with Gasteiger partial charge in [0.2, 0.25) is 0 Å². The molecule has 0 spiro atoms. The van der Waals surface area contributed by atoms with E-state index in [9.17, 15) is 5.11 Å². The SMILES string of the molecule is CCc1cc(C(O)c2cccc(Cl)c2Cl)n(C)n1. The van der Waals surface area contributed by atoms with Crippen molar-refractivity contribution in [2.24, 2.45) is 7.05 Å². The van der Waals surface area contributed by atoms with E-state index in [0.717, 1.165) is 12.1 Å². The van der Waals surface area contributed by atoms with Crippen LogP contribution >= 0.6 is 23.2 Å². The minimum absolute atomic E-state index is 0.380. The first-order chi connectivity index (χ1) is 8.54. The van der Waals surface area contributed by atoms with Crippen molar-refractivity contribution < 1.29 is 5.11 Å². The average molecular weight is 285 g/mol. The normalized spacial score (nSPS) is 12.7. The first-order valence-electron chi connectivity index (χ1n) is 5.69. The molecule has 0 bridgehead atoms. The maximum Gasteiger partial charge on any atom is 0.122 e. The van der Waals surface area contributed by atoms with E-state index >= 15 is 0 Å². The molecule has 96 valence electrons. The van der Waals surface area contributed by atoms with Crippen LogP contribution < -0.4 is 0 Å². The van der Waals surface area contributed by atoms with Gasteiger partial charge in [-0.25, -0.2) is 0 Å². The summed E-state index contributed by atoms with van der Waals surface area (Å²) in [4.78, 5) is 0. The topological polar surface area (TPSA) is 38.0 Å². The van der Waals surface area contributed by atoms with Gasteiger partial charge >= 0.3 is 0 Å². The van der Waals surface area contributed by atoms with Crippen molar-refractivity contribution in [1.82, 2.24) is 9.78 Å². The standard InChI is InChI=1S/C13H14Cl2N2O/c1-3-8-7-11(17(2)16-8)13(18)9-5-4-6-10(14)12(9)15/h4-7,13,18H,3H2,1-2H3. The molecule has 0 saturated carbocycles. The van der Waals surface area contributed by atoms with E-state index in [0.29, 0.717) is 21.3 Å². The Kier molecular flexibility index (Phi) is 3.95. The first kappa shape index (κ1) is 13.4. The van der Waals surface area contributed by atoms with E-state index in [4.69, 9.17) is 23.2 Å². The van der Waals surface area contributed by atoms with Crippen LogP contribution in [0, 0.1) is 0 Å². The fourth-order valence-corrected chi connectivity index (χ4v) is 2.27. The maximum absolute atomic E-state index is 10.4. The van der Waals surface area contributed by atoms with Crippen LogP contribution in [0.1, 0.15) is 30.0 Å². The van der Waals surface area contributed by atoms with Gasteiger partial charge in [0.15, 0.2) is 0 Å². The van der Waals surface area contributed by atoms with Gasteiger partial charge in [0.05, 0.1) is 21.4 Å².